The van der Waals surface area contributed by atoms with Crippen LogP contribution in [0.5, 0.6) is 0 Å². The van der Waals surface area contributed by atoms with E-state index in [4.69, 9.17) is 0 Å². The number of allylic oxidation sites excluding steroid dienone is 1. The van der Waals surface area contributed by atoms with Gasteiger partial charge in [0, 0.05) is 6.54 Å². The lowest BCUT2D eigenvalue weighted by Crippen LogP contribution is -2.92. The Morgan fingerprint density at radius 1 is 0.710 bits per heavy atom. The van der Waals surface area contributed by atoms with Gasteiger partial charge in [-0.3, -0.25) is 8.97 Å². The van der Waals surface area contributed by atoms with Gasteiger partial charge < -0.3 is 5.32 Å². The number of rotatable bonds is 19. The molecule has 1 unspecified atom stereocenters. The van der Waals surface area contributed by atoms with E-state index in [1.54, 1.807) is 0 Å². The van der Waals surface area contributed by atoms with Gasteiger partial charge in [0.15, 0.2) is 6.04 Å². The van der Waals surface area contributed by atoms with Gasteiger partial charge in [0.2, 0.25) is 0 Å². The molecule has 0 aromatic heterocycles. The number of likely N-dealkylation sites (N-methyl/N-ethyl adjacent to an activating group) is 2. The molecule has 1 aliphatic rings. The molecule has 0 radical (unpaired) electrons. The van der Waals surface area contributed by atoms with Crippen molar-refractivity contribution in [2.75, 3.05) is 48.8 Å². The summed E-state index contributed by atoms with van der Waals surface area (Å²) in [6, 6.07) is 0.458. The summed E-state index contributed by atoms with van der Waals surface area (Å²) in [6.07, 6.45) is 25.8. The van der Waals surface area contributed by atoms with E-state index in [0.29, 0.717) is 6.04 Å². The van der Waals surface area contributed by atoms with Gasteiger partial charge in [-0.1, -0.05) is 96.5 Å². The Kier molecular flexibility index (Phi) is 13.3. The van der Waals surface area contributed by atoms with E-state index in [1.807, 2.05) is 0 Å². The van der Waals surface area contributed by atoms with Crippen molar-refractivity contribution < 1.29 is 8.97 Å². The molecule has 4 heteroatoms. The second-order valence-corrected chi connectivity index (χ2v) is 11.6. The van der Waals surface area contributed by atoms with Crippen molar-refractivity contribution in [3.05, 3.63) is 12.3 Å². The van der Waals surface area contributed by atoms with Gasteiger partial charge in [-0.15, -0.1) is 0 Å². The number of hydrogen-bond acceptors (Lipinski definition) is 2. The monoisotopic (exact) mass is 438 g/mol. The highest BCUT2D eigenvalue weighted by Gasteiger charge is 2.66. The van der Waals surface area contributed by atoms with E-state index < -0.39 is 0 Å². The van der Waals surface area contributed by atoms with Crippen molar-refractivity contribution in [1.29, 1.82) is 0 Å². The predicted molar refractivity (Wildman–Crippen MR) is 138 cm³/mol. The molecule has 1 saturated heterocycles. The van der Waals surface area contributed by atoms with Crippen molar-refractivity contribution in [3.8, 4) is 0 Å². The minimum absolute atomic E-state index is 0.0133. The SMILES string of the molecule is CCCCCCCCCCCCCCCCC=CNC1CNC1([N+](C)(C)C)[N+](C)(C)C. The van der Waals surface area contributed by atoms with Crippen molar-refractivity contribution in [2.45, 2.75) is 115 Å². The molecule has 1 atom stereocenters. The third kappa shape index (κ3) is 9.43. The van der Waals surface area contributed by atoms with E-state index in [2.05, 4.69) is 72.1 Å². The highest BCUT2D eigenvalue weighted by atomic mass is 15.7. The highest BCUT2D eigenvalue weighted by Crippen LogP contribution is 2.33. The van der Waals surface area contributed by atoms with Crippen LogP contribution < -0.4 is 10.6 Å². The number of hydrogen-bond donors (Lipinski definition) is 2. The van der Waals surface area contributed by atoms with Gasteiger partial charge >= 0.3 is 5.79 Å². The van der Waals surface area contributed by atoms with Crippen LogP contribution in [0.1, 0.15) is 103 Å². The third-order valence-corrected chi connectivity index (χ3v) is 7.24. The lowest BCUT2D eigenvalue weighted by molar-refractivity contribution is -1.14. The molecular formula is C27H58N4+2. The van der Waals surface area contributed by atoms with Crippen LogP contribution in [-0.2, 0) is 0 Å². The molecule has 0 saturated carbocycles. The molecule has 4 nitrogen and oxygen atoms in total. The molecule has 0 spiro atoms. The van der Waals surface area contributed by atoms with Crippen molar-refractivity contribution >= 4 is 0 Å². The molecule has 0 aromatic carbocycles. The van der Waals surface area contributed by atoms with Crippen LogP contribution in [-0.4, -0.2) is 69.6 Å². The van der Waals surface area contributed by atoms with Crippen LogP contribution >= 0.6 is 0 Å². The summed E-state index contributed by atoms with van der Waals surface area (Å²) < 4.78 is 1.81. The van der Waals surface area contributed by atoms with Crippen molar-refractivity contribution in [1.82, 2.24) is 10.6 Å². The van der Waals surface area contributed by atoms with Gasteiger partial charge in [-0.2, -0.15) is 0 Å². The second kappa shape index (κ2) is 14.5. The van der Waals surface area contributed by atoms with Gasteiger partial charge in [0.25, 0.3) is 0 Å². The van der Waals surface area contributed by atoms with Crippen LogP contribution in [0.15, 0.2) is 12.3 Å². The zero-order chi connectivity index (χ0) is 23.2. The first-order valence-corrected chi connectivity index (χ1v) is 13.5. The molecule has 1 fully saturated rings. The topological polar surface area (TPSA) is 24.1 Å². The zero-order valence-electron chi connectivity index (χ0n) is 22.4. The molecule has 1 heterocycles. The summed E-state index contributed by atoms with van der Waals surface area (Å²) in [6.45, 7) is 3.33. The number of nitrogens with one attached hydrogen (secondary N) is 2. The fraction of sp³-hybridized carbons (Fsp3) is 0.926. The Morgan fingerprint density at radius 3 is 1.48 bits per heavy atom. The average Bonchev–Trinajstić information content (AvgIpc) is 2.64. The Bertz CT molecular complexity index is 459. The summed E-state index contributed by atoms with van der Waals surface area (Å²) in [5.74, 6) is 0.0133. The Labute approximate surface area is 196 Å². The lowest BCUT2D eigenvalue weighted by Gasteiger charge is -2.61. The average molecular weight is 439 g/mol. The lowest BCUT2D eigenvalue weighted by atomic mass is 9.94. The summed E-state index contributed by atoms with van der Waals surface area (Å²) in [7, 11) is 13.8. The maximum Gasteiger partial charge on any atom is 0.307 e. The minimum atomic E-state index is 0.0133. The van der Waals surface area contributed by atoms with E-state index in [-0.39, 0.29) is 5.79 Å². The molecule has 2 N–H and O–H groups in total. The van der Waals surface area contributed by atoms with Crippen LogP contribution in [0.4, 0.5) is 0 Å². The molecule has 0 bridgehead atoms. The van der Waals surface area contributed by atoms with E-state index in [0.717, 1.165) is 15.5 Å². The first kappa shape index (κ1) is 28.5. The van der Waals surface area contributed by atoms with Crippen molar-refractivity contribution in [2.24, 2.45) is 0 Å². The zero-order valence-corrected chi connectivity index (χ0v) is 22.4. The maximum absolute atomic E-state index is 3.74. The Hall–Kier alpha value is -0.580. The number of unbranched alkanes of at least 4 members (excludes halogenated alkanes) is 14. The first-order valence-electron chi connectivity index (χ1n) is 13.5. The van der Waals surface area contributed by atoms with Gasteiger partial charge in [0.1, 0.15) is 0 Å². The molecule has 0 amide bonds. The summed E-state index contributed by atoms with van der Waals surface area (Å²) >= 11 is 0. The molecule has 1 rings (SSSR count). The molecule has 0 aromatic rings. The molecular weight excluding hydrogens is 380 g/mol. The molecule has 31 heavy (non-hydrogen) atoms. The van der Waals surface area contributed by atoms with Gasteiger partial charge in [-0.05, 0) is 19.0 Å². The predicted octanol–water partition coefficient (Wildman–Crippen LogP) is 6.00. The Morgan fingerprint density at radius 2 is 1.13 bits per heavy atom. The quantitative estimate of drug-likeness (QED) is 0.147. The third-order valence-electron chi connectivity index (χ3n) is 7.24. The smallest absolute Gasteiger partial charge is 0.307 e. The fourth-order valence-corrected chi connectivity index (χ4v) is 5.60. The van der Waals surface area contributed by atoms with Gasteiger partial charge in [0.05, 0.1) is 42.3 Å². The van der Waals surface area contributed by atoms with Crippen LogP contribution in [0.2, 0.25) is 0 Å². The summed E-state index contributed by atoms with van der Waals surface area (Å²) in [5, 5.41) is 7.44. The molecule has 0 aliphatic carbocycles. The van der Waals surface area contributed by atoms with Gasteiger partial charge in [-0.25, -0.2) is 5.32 Å². The second-order valence-electron chi connectivity index (χ2n) is 11.6. The van der Waals surface area contributed by atoms with Crippen molar-refractivity contribution in [3.63, 3.8) is 0 Å². The normalized spacial score (nSPS) is 19.0. The standard InChI is InChI=1S/C27H58N4/c1-8-9-10-11-12-13-14-15-16-17-18-19-20-21-22-23-24-28-26-25-29-27(26,30(2,3)4)31(5,6)7/h23-24,26,28-29H,8-22,25H2,1-7H3/q+2. The van der Waals surface area contributed by atoms with Crippen LogP contribution in [0.3, 0.4) is 0 Å². The molecule has 184 valence electrons. The first-order chi connectivity index (χ1) is 14.7. The Balaban J connectivity index is 2.01. The van der Waals surface area contributed by atoms with Crippen LogP contribution in [0, 0.1) is 0 Å². The largest absolute Gasteiger partial charge is 0.375 e. The van der Waals surface area contributed by atoms with E-state index in [9.17, 15) is 0 Å². The summed E-state index contributed by atoms with van der Waals surface area (Å²) in [4.78, 5) is 0. The number of nitrogens with zero attached hydrogens (tertiary/aromatic N) is 2. The number of quaternary nitrogens is 2. The minimum Gasteiger partial charge on any atom is -0.375 e. The van der Waals surface area contributed by atoms with Crippen LogP contribution in [0.25, 0.3) is 0 Å². The summed E-state index contributed by atoms with van der Waals surface area (Å²) in [5.41, 5.74) is 0. The van der Waals surface area contributed by atoms with E-state index >= 15 is 0 Å². The maximum atomic E-state index is 3.74. The molecule has 1 aliphatic heterocycles. The van der Waals surface area contributed by atoms with E-state index in [1.165, 1.54) is 96.3 Å². The highest BCUT2D eigenvalue weighted by molar-refractivity contribution is 4.99. The fourth-order valence-electron chi connectivity index (χ4n) is 5.60.